The molecule has 1 saturated carbocycles. The third-order valence-corrected chi connectivity index (χ3v) is 3.79. The lowest BCUT2D eigenvalue weighted by Gasteiger charge is -2.36. The molecule has 3 rings (SSSR count). The molecular weight excluding hydrogens is 242 g/mol. The van der Waals surface area contributed by atoms with Crippen molar-refractivity contribution >= 4 is 11.6 Å². The van der Waals surface area contributed by atoms with Crippen molar-refractivity contribution in [3.05, 3.63) is 35.8 Å². The predicted octanol–water partition coefficient (Wildman–Crippen LogP) is 1.29. The van der Waals surface area contributed by atoms with Crippen LogP contribution >= 0.6 is 0 Å². The number of carbonyl (C=O) groups excluding carboxylic acids is 1. The van der Waals surface area contributed by atoms with Crippen molar-refractivity contribution in [2.75, 3.05) is 6.54 Å². The summed E-state index contributed by atoms with van der Waals surface area (Å²) in [5.74, 6) is -0.233. The third kappa shape index (κ3) is 2.21. The number of rotatable bonds is 3. The van der Waals surface area contributed by atoms with E-state index in [1.54, 1.807) is 6.20 Å². The molecule has 19 heavy (non-hydrogen) atoms. The van der Waals surface area contributed by atoms with E-state index < -0.39 is 5.60 Å². The number of imidazole rings is 1. The first-order valence-corrected chi connectivity index (χ1v) is 6.53. The van der Waals surface area contributed by atoms with Crippen LogP contribution in [0.5, 0.6) is 0 Å². The first kappa shape index (κ1) is 12.2. The molecule has 0 spiro atoms. The van der Waals surface area contributed by atoms with Crippen LogP contribution in [0, 0.1) is 6.92 Å². The number of pyridine rings is 1. The Bertz CT molecular complexity index is 629. The second-order valence-electron chi connectivity index (χ2n) is 5.28. The highest BCUT2D eigenvalue weighted by Crippen LogP contribution is 2.30. The fourth-order valence-corrected chi connectivity index (χ4v) is 2.35. The maximum Gasteiger partial charge on any atom is 0.271 e. The van der Waals surface area contributed by atoms with Crippen molar-refractivity contribution in [2.45, 2.75) is 31.8 Å². The zero-order valence-electron chi connectivity index (χ0n) is 10.9. The van der Waals surface area contributed by atoms with Crippen LogP contribution in [0.3, 0.4) is 0 Å². The van der Waals surface area contributed by atoms with Crippen LogP contribution in [0.1, 0.15) is 35.4 Å². The molecular formula is C14H17N3O2. The number of aryl methyl sites for hydroxylation is 1. The Hall–Kier alpha value is -1.88. The van der Waals surface area contributed by atoms with Gasteiger partial charge in [0, 0.05) is 18.4 Å². The largest absolute Gasteiger partial charge is 0.388 e. The standard InChI is InChI=1S/C14H17N3O2/c1-10-4-2-5-12-16-11(8-17(10)12)13(18)15-9-14(19)6-3-7-14/h2,4-5,8,19H,3,6-7,9H2,1H3,(H,15,18). The van der Waals surface area contributed by atoms with E-state index in [2.05, 4.69) is 10.3 Å². The van der Waals surface area contributed by atoms with Crippen LogP contribution < -0.4 is 5.32 Å². The van der Waals surface area contributed by atoms with E-state index in [1.165, 1.54) is 0 Å². The summed E-state index contributed by atoms with van der Waals surface area (Å²) in [7, 11) is 0. The van der Waals surface area contributed by atoms with Crippen LogP contribution in [0.4, 0.5) is 0 Å². The summed E-state index contributed by atoms with van der Waals surface area (Å²) < 4.78 is 1.88. The number of hydrogen-bond acceptors (Lipinski definition) is 3. The number of hydrogen-bond donors (Lipinski definition) is 2. The van der Waals surface area contributed by atoms with E-state index in [-0.39, 0.29) is 5.91 Å². The smallest absolute Gasteiger partial charge is 0.271 e. The fraction of sp³-hybridized carbons (Fsp3) is 0.429. The third-order valence-electron chi connectivity index (χ3n) is 3.79. The van der Waals surface area contributed by atoms with E-state index in [0.29, 0.717) is 12.2 Å². The quantitative estimate of drug-likeness (QED) is 0.872. The Morgan fingerprint density at radius 2 is 2.32 bits per heavy atom. The van der Waals surface area contributed by atoms with Gasteiger partial charge in [0.25, 0.3) is 5.91 Å². The van der Waals surface area contributed by atoms with Crippen molar-refractivity contribution in [1.82, 2.24) is 14.7 Å². The summed E-state index contributed by atoms with van der Waals surface area (Å²) >= 11 is 0. The molecule has 0 unspecified atom stereocenters. The van der Waals surface area contributed by atoms with E-state index in [4.69, 9.17) is 0 Å². The maximum absolute atomic E-state index is 12.0. The van der Waals surface area contributed by atoms with Crippen molar-refractivity contribution in [1.29, 1.82) is 0 Å². The molecule has 0 radical (unpaired) electrons. The zero-order valence-corrected chi connectivity index (χ0v) is 10.9. The van der Waals surface area contributed by atoms with Crippen molar-refractivity contribution in [3.63, 3.8) is 0 Å². The van der Waals surface area contributed by atoms with Crippen LogP contribution in [0.15, 0.2) is 24.4 Å². The number of carbonyl (C=O) groups is 1. The van der Waals surface area contributed by atoms with Gasteiger partial charge in [-0.15, -0.1) is 0 Å². The minimum atomic E-state index is -0.704. The van der Waals surface area contributed by atoms with Gasteiger partial charge in [0.15, 0.2) is 0 Å². The minimum Gasteiger partial charge on any atom is -0.388 e. The Labute approximate surface area is 111 Å². The number of amides is 1. The Balaban J connectivity index is 1.76. The average Bonchev–Trinajstić information content (AvgIpc) is 2.79. The predicted molar refractivity (Wildman–Crippen MR) is 71.1 cm³/mol. The number of aromatic nitrogens is 2. The molecule has 1 amide bonds. The molecule has 0 aromatic carbocycles. The van der Waals surface area contributed by atoms with Gasteiger partial charge < -0.3 is 14.8 Å². The van der Waals surface area contributed by atoms with Crippen molar-refractivity contribution in [3.8, 4) is 0 Å². The average molecular weight is 259 g/mol. The molecule has 100 valence electrons. The van der Waals surface area contributed by atoms with Crippen LogP contribution in [-0.2, 0) is 0 Å². The lowest BCUT2D eigenvalue weighted by molar-refractivity contribution is -0.0300. The fourth-order valence-electron chi connectivity index (χ4n) is 2.35. The van der Waals surface area contributed by atoms with E-state index in [9.17, 15) is 9.90 Å². The molecule has 1 aliphatic carbocycles. The van der Waals surface area contributed by atoms with Crippen LogP contribution in [-0.4, -0.2) is 32.5 Å². The minimum absolute atomic E-state index is 0.233. The molecule has 0 bridgehead atoms. The van der Waals surface area contributed by atoms with Crippen molar-refractivity contribution in [2.24, 2.45) is 0 Å². The van der Waals surface area contributed by atoms with Gasteiger partial charge in [-0.3, -0.25) is 4.79 Å². The summed E-state index contributed by atoms with van der Waals surface area (Å²) in [5.41, 5.74) is 1.47. The first-order chi connectivity index (χ1) is 9.07. The number of nitrogens with zero attached hydrogens (tertiary/aromatic N) is 2. The molecule has 1 aliphatic rings. The molecule has 2 aromatic rings. The molecule has 1 fully saturated rings. The van der Waals surface area contributed by atoms with Gasteiger partial charge in [0.05, 0.1) is 5.60 Å². The summed E-state index contributed by atoms with van der Waals surface area (Å²) in [5, 5.41) is 12.7. The highest BCUT2D eigenvalue weighted by Gasteiger charge is 2.34. The second kappa shape index (κ2) is 4.35. The molecule has 2 aromatic heterocycles. The summed E-state index contributed by atoms with van der Waals surface area (Å²) in [6, 6.07) is 5.74. The van der Waals surface area contributed by atoms with Crippen LogP contribution in [0.25, 0.3) is 5.65 Å². The number of nitrogens with one attached hydrogen (secondary N) is 1. The summed E-state index contributed by atoms with van der Waals surface area (Å²) in [6.45, 7) is 2.27. The number of fused-ring (bicyclic) bond motifs is 1. The molecule has 2 N–H and O–H groups in total. The Morgan fingerprint density at radius 1 is 1.53 bits per heavy atom. The van der Waals surface area contributed by atoms with Gasteiger partial charge in [-0.1, -0.05) is 6.07 Å². The SMILES string of the molecule is Cc1cccc2nc(C(=O)NCC3(O)CCC3)cn12. The maximum atomic E-state index is 12.0. The Kier molecular flexibility index (Phi) is 2.78. The second-order valence-corrected chi connectivity index (χ2v) is 5.28. The normalized spacial score (nSPS) is 17.2. The van der Waals surface area contributed by atoms with Crippen LogP contribution in [0.2, 0.25) is 0 Å². The van der Waals surface area contributed by atoms with Gasteiger partial charge >= 0.3 is 0 Å². The van der Waals surface area contributed by atoms with Gasteiger partial charge in [0.2, 0.25) is 0 Å². The first-order valence-electron chi connectivity index (χ1n) is 6.53. The highest BCUT2D eigenvalue weighted by molar-refractivity contribution is 5.92. The lowest BCUT2D eigenvalue weighted by atomic mass is 9.80. The molecule has 2 heterocycles. The van der Waals surface area contributed by atoms with Gasteiger partial charge in [0.1, 0.15) is 11.3 Å². The van der Waals surface area contributed by atoms with Gasteiger partial charge in [-0.05, 0) is 38.3 Å². The van der Waals surface area contributed by atoms with E-state index in [0.717, 1.165) is 30.6 Å². The Morgan fingerprint density at radius 3 is 2.95 bits per heavy atom. The molecule has 0 saturated heterocycles. The molecule has 0 aliphatic heterocycles. The summed E-state index contributed by atoms with van der Waals surface area (Å²) in [6.07, 6.45) is 4.28. The zero-order chi connectivity index (χ0) is 13.5. The molecule has 5 nitrogen and oxygen atoms in total. The monoisotopic (exact) mass is 259 g/mol. The summed E-state index contributed by atoms with van der Waals surface area (Å²) in [4.78, 5) is 16.3. The molecule has 0 atom stereocenters. The number of aliphatic hydroxyl groups is 1. The van der Waals surface area contributed by atoms with Gasteiger partial charge in [-0.2, -0.15) is 0 Å². The lowest BCUT2D eigenvalue weighted by Crippen LogP contribution is -2.47. The van der Waals surface area contributed by atoms with Gasteiger partial charge in [-0.25, -0.2) is 4.98 Å². The van der Waals surface area contributed by atoms with E-state index in [1.807, 2.05) is 29.5 Å². The highest BCUT2D eigenvalue weighted by atomic mass is 16.3. The topological polar surface area (TPSA) is 66.6 Å². The van der Waals surface area contributed by atoms with E-state index >= 15 is 0 Å². The van der Waals surface area contributed by atoms with Crippen molar-refractivity contribution < 1.29 is 9.90 Å². The molecule has 5 heteroatoms.